The maximum atomic E-state index is 11.9. The molecule has 0 saturated heterocycles. The number of carbonyl (C=O) groups excluding carboxylic acids is 2. The van der Waals surface area contributed by atoms with Gasteiger partial charge in [0.15, 0.2) is 0 Å². The van der Waals surface area contributed by atoms with E-state index in [1.54, 1.807) is 6.92 Å². The van der Waals surface area contributed by atoms with Crippen LogP contribution in [0, 0.1) is 16.7 Å². The lowest BCUT2D eigenvalue weighted by molar-refractivity contribution is -0.146. The molecule has 2 aliphatic rings. The Kier molecular flexibility index (Phi) is 3.63. The van der Waals surface area contributed by atoms with E-state index in [-0.39, 0.29) is 29.2 Å². The van der Waals surface area contributed by atoms with Gasteiger partial charge < -0.3 is 10.1 Å². The van der Waals surface area contributed by atoms with Crippen molar-refractivity contribution >= 4 is 11.9 Å². The smallest absolute Gasteiger partial charge is 0.315 e. The first-order valence-electron chi connectivity index (χ1n) is 7.26. The molecular formula is C15H25NO3. The van der Waals surface area contributed by atoms with Gasteiger partial charge >= 0.3 is 5.97 Å². The van der Waals surface area contributed by atoms with Gasteiger partial charge in [-0.25, -0.2) is 0 Å². The molecule has 108 valence electrons. The SMILES string of the molecule is CCOC(=O)CC(=O)N[C@@H]1C[C@H]2CC[C@]1(C)C2(C)C. The Morgan fingerprint density at radius 1 is 1.32 bits per heavy atom. The number of esters is 1. The quantitative estimate of drug-likeness (QED) is 0.628. The van der Waals surface area contributed by atoms with E-state index in [1.807, 2.05) is 0 Å². The van der Waals surface area contributed by atoms with E-state index in [2.05, 4.69) is 26.1 Å². The lowest BCUT2D eigenvalue weighted by Gasteiger charge is -2.39. The molecule has 19 heavy (non-hydrogen) atoms. The average molecular weight is 267 g/mol. The number of ether oxygens (including phenoxy) is 1. The summed E-state index contributed by atoms with van der Waals surface area (Å²) in [6.07, 6.45) is 3.30. The summed E-state index contributed by atoms with van der Waals surface area (Å²) < 4.78 is 4.81. The number of hydrogen-bond acceptors (Lipinski definition) is 3. The second kappa shape index (κ2) is 4.80. The van der Waals surface area contributed by atoms with Crippen LogP contribution in [0.3, 0.4) is 0 Å². The summed E-state index contributed by atoms with van der Waals surface area (Å²) in [4.78, 5) is 23.2. The third-order valence-electron chi connectivity index (χ3n) is 5.74. The molecule has 4 heteroatoms. The highest BCUT2D eigenvalue weighted by molar-refractivity contribution is 5.94. The van der Waals surface area contributed by atoms with Crippen molar-refractivity contribution in [1.29, 1.82) is 0 Å². The van der Waals surface area contributed by atoms with E-state index in [1.165, 1.54) is 6.42 Å². The molecule has 3 atom stereocenters. The van der Waals surface area contributed by atoms with E-state index in [0.29, 0.717) is 12.5 Å². The van der Waals surface area contributed by atoms with E-state index >= 15 is 0 Å². The van der Waals surface area contributed by atoms with E-state index in [9.17, 15) is 9.59 Å². The van der Waals surface area contributed by atoms with Gasteiger partial charge in [-0.05, 0) is 42.9 Å². The zero-order valence-electron chi connectivity index (χ0n) is 12.4. The van der Waals surface area contributed by atoms with Crippen molar-refractivity contribution in [2.75, 3.05) is 6.61 Å². The number of fused-ring (bicyclic) bond motifs is 2. The first kappa shape index (κ1) is 14.4. The van der Waals surface area contributed by atoms with Crippen molar-refractivity contribution in [3.8, 4) is 0 Å². The van der Waals surface area contributed by atoms with Crippen LogP contribution in [0.2, 0.25) is 0 Å². The maximum absolute atomic E-state index is 11.9. The van der Waals surface area contributed by atoms with Crippen molar-refractivity contribution in [2.24, 2.45) is 16.7 Å². The lowest BCUT2D eigenvalue weighted by Crippen LogP contribution is -2.47. The maximum Gasteiger partial charge on any atom is 0.315 e. The number of amides is 1. The molecule has 2 fully saturated rings. The Hall–Kier alpha value is -1.06. The molecule has 0 radical (unpaired) electrons. The van der Waals surface area contributed by atoms with E-state index < -0.39 is 5.97 Å². The fourth-order valence-electron chi connectivity index (χ4n) is 4.01. The van der Waals surface area contributed by atoms with Crippen LogP contribution in [0.1, 0.15) is 53.4 Å². The fourth-order valence-corrected chi connectivity index (χ4v) is 4.01. The third kappa shape index (κ3) is 2.26. The van der Waals surface area contributed by atoms with Gasteiger partial charge in [0.25, 0.3) is 0 Å². The van der Waals surface area contributed by atoms with Crippen LogP contribution < -0.4 is 5.32 Å². The molecule has 0 spiro atoms. The van der Waals surface area contributed by atoms with Crippen LogP contribution in [-0.4, -0.2) is 24.5 Å². The molecule has 0 unspecified atom stereocenters. The molecule has 2 rings (SSSR count). The monoisotopic (exact) mass is 267 g/mol. The van der Waals surface area contributed by atoms with Crippen molar-refractivity contribution in [2.45, 2.75) is 59.4 Å². The second-order valence-corrected chi connectivity index (χ2v) is 6.71. The normalized spacial score (nSPS) is 35.2. The number of nitrogens with one attached hydrogen (secondary N) is 1. The van der Waals surface area contributed by atoms with Gasteiger partial charge in [-0.15, -0.1) is 0 Å². The van der Waals surface area contributed by atoms with E-state index in [4.69, 9.17) is 4.74 Å². The third-order valence-corrected chi connectivity index (χ3v) is 5.74. The predicted molar refractivity (Wildman–Crippen MR) is 72.4 cm³/mol. The standard InChI is InChI=1S/C15H25NO3/c1-5-19-13(18)9-12(17)16-11-8-10-6-7-15(11,4)14(10,2)3/h10-11H,5-9H2,1-4H3,(H,16,17)/t10-,11-,15+/m1/s1. The van der Waals surface area contributed by atoms with Crippen molar-refractivity contribution in [3.05, 3.63) is 0 Å². The average Bonchev–Trinajstić information content (AvgIpc) is 2.62. The summed E-state index contributed by atoms with van der Waals surface area (Å²) in [5.74, 6) is 0.0472. The highest BCUT2D eigenvalue weighted by atomic mass is 16.5. The molecule has 0 aromatic rings. The van der Waals surface area contributed by atoms with E-state index in [0.717, 1.165) is 12.8 Å². The zero-order valence-corrected chi connectivity index (χ0v) is 12.4. The molecule has 2 aliphatic carbocycles. The van der Waals surface area contributed by atoms with Gasteiger partial charge in [0, 0.05) is 6.04 Å². The predicted octanol–water partition coefficient (Wildman–Crippen LogP) is 2.27. The Morgan fingerprint density at radius 2 is 2.00 bits per heavy atom. The highest BCUT2D eigenvalue weighted by Gasteiger charge is 2.61. The number of carbonyl (C=O) groups is 2. The van der Waals surface area contributed by atoms with Gasteiger partial charge in [-0.3, -0.25) is 9.59 Å². The molecule has 0 aromatic carbocycles. The summed E-state index contributed by atoms with van der Waals surface area (Å²) in [6, 6.07) is 0.197. The molecule has 2 saturated carbocycles. The van der Waals surface area contributed by atoms with Crippen LogP contribution in [0.25, 0.3) is 0 Å². The van der Waals surface area contributed by atoms with Gasteiger partial charge in [-0.2, -0.15) is 0 Å². The Morgan fingerprint density at radius 3 is 2.47 bits per heavy atom. The minimum atomic E-state index is -0.437. The van der Waals surface area contributed by atoms with Crippen LogP contribution in [-0.2, 0) is 14.3 Å². The first-order chi connectivity index (χ1) is 8.81. The van der Waals surface area contributed by atoms with Crippen LogP contribution in [0.15, 0.2) is 0 Å². The van der Waals surface area contributed by atoms with Gasteiger partial charge in [0.1, 0.15) is 6.42 Å². The topological polar surface area (TPSA) is 55.4 Å². The van der Waals surface area contributed by atoms with Gasteiger partial charge in [0.05, 0.1) is 6.61 Å². The summed E-state index contributed by atoms with van der Waals surface area (Å²) in [5.41, 5.74) is 0.427. The summed E-state index contributed by atoms with van der Waals surface area (Å²) in [6.45, 7) is 8.96. The summed E-state index contributed by atoms with van der Waals surface area (Å²) in [7, 11) is 0. The molecule has 0 heterocycles. The molecule has 0 aromatic heterocycles. The molecular weight excluding hydrogens is 242 g/mol. The fraction of sp³-hybridized carbons (Fsp3) is 0.867. The Bertz CT molecular complexity index is 391. The molecule has 1 N–H and O–H groups in total. The van der Waals surface area contributed by atoms with Crippen LogP contribution in [0.4, 0.5) is 0 Å². The summed E-state index contributed by atoms with van der Waals surface area (Å²) in [5, 5.41) is 3.06. The lowest BCUT2D eigenvalue weighted by atomic mass is 9.69. The van der Waals surface area contributed by atoms with Crippen LogP contribution >= 0.6 is 0 Å². The van der Waals surface area contributed by atoms with Crippen molar-refractivity contribution in [1.82, 2.24) is 5.32 Å². The number of hydrogen-bond donors (Lipinski definition) is 1. The molecule has 1 amide bonds. The molecule has 4 nitrogen and oxygen atoms in total. The first-order valence-corrected chi connectivity index (χ1v) is 7.26. The Labute approximate surface area is 115 Å². The zero-order chi connectivity index (χ0) is 14.3. The molecule has 2 bridgehead atoms. The van der Waals surface area contributed by atoms with Gasteiger partial charge in [0.2, 0.25) is 5.91 Å². The van der Waals surface area contributed by atoms with Crippen LogP contribution in [0.5, 0.6) is 0 Å². The minimum absolute atomic E-state index is 0.155. The van der Waals surface area contributed by atoms with Gasteiger partial charge in [-0.1, -0.05) is 20.8 Å². The largest absolute Gasteiger partial charge is 0.466 e. The Balaban J connectivity index is 1.95. The number of rotatable bonds is 4. The minimum Gasteiger partial charge on any atom is -0.466 e. The van der Waals surface area contributed by atoms with Crippen molar-refractivity contribution < 1.29 is 14.3 Å². The van der Waals surface area contributed by atoms with Crippen molar-refractivity contribution in [3.63, 3.8) is 0 Å². The summed E-state index contributed by atoms with van der Waals surface area (Å²) >= 11 is 0. The highest BCUT2D eigenvalue weighted by Crippen LogP contribution is 2.65. The second-order valence-electron chi connectivity index (χ2n) is 6.71. The molecule has 0 aliphatic heterocycles.